The van der Waals surface area contributed by atoms with Crippen molar-refractivity contribution >= 4 is 31.8 Å². The Morgan fingerprint density at radius 3 is 2.48 bits per heavy atom. The number of aryl methyl sites for hydroxylation is 1. The van der Waals surface area contributed by atoms with Gasteiger partial charge in [0.25, 0.3) is 0 Å². The Labute approximate surface area is 132 Å². The maximum absolute atomic E-state index is 12.1. The summed E-state index contributed by atoms with van der Waals surface area (Å²) in [4.78, 5) is 8.58. The number of nitrogen functional groups attached to an aromatic ring is 1. The molecule has 0 aliphatic heterocycles. The third kappa shape index (κ3) is 3.07. The third-order valence-corrected chi connectivity index (χ3v) is 5.40. The molecule has 0 fully saturated rings. The molecule has 1 aromatic carbocycles. The number of aromatic nitrogens is 2. The molecule has 0 amide bonds. The molecular formula is C13H15BrN4O2S. The maximum Gasteiger partial charge on any atom is 0.242 e. The van der Waals surface area contributed by atoms with Gasteiger partial charge in [0.2, 0.25) is 10.0 Å². The van der Waals surface area contributed by atoms with Crippen molar-refractivity contribution in [3.63, 3.8) is 0 Å². The van der Waals surface area contributed by atoms with Gasteiger partial charge in [-0.3, -0.25) is 0 Å². The van der Waals surface area contributed by atoms with Gasteiger partial charge < -0.3 is 5.73 Å². The largest absolute Gasteiger partial charge is 0.381 e. The van der Waals surface area contributed by atoms with Gasteiger partial charge in [0.05, 0.1) is 16.8 Å². The number of nitrogens with zero attached hydrogens (tertiary/aromatic N) is 3. The highest BCUT2D eigenvalue weighted by Crippen LogP contribution is 2.27. The van der Waals surface area contributed by atoms with Gasteiger partial charge in [-0.2, -0.15) is 0 Å². The molecule has 1 aromatic heterocycles. The molecular weight excluding hydrogens is 356 g/mol. The fourth-order valence-electron chi connectivity index (χ4n) is 1.80. The molecule has 2 rings (SSSR count). The molecule has 0 aliphatic rings. The highest BCUT2D eigenvalue weighted by atomic mass is 79.9. The molecule has 6 nitrogen and oxygen atoms in total. The fraction of sp³-hybridized carbons (Fsp3) is 0.231. The van der Waals surface area contributed by atoms with Crippen molar-refractivity contribution in [3.8, 4) is 11.3 Å². The van der Waals surface area contributed by atoms with Crippen molar-refractivity contribution in [2.75, 3.05) is 19.8 Å². The molecule has 0 radical (unpaired) electrons. The zero-order chi connectivity index (χ0) is 15.8. The summed E-state index contributed by atoms with van der Waals surface area (Å²) in [6.07, 6.45) is 1.56. The number of nitrogens with two attached hydrogens (primary N) is 1. The Balaban J connectivity index is 2.52. The van der Waals surface area contributed by atoms with E-state index < -0.39 is 10.0 Å². The van der Waals surface area contributed by atoms with Crippen LogP contribution in [0.3, 0.4) is 0 Å². The minimum Gasteiger partial charge on any atom is -0.381 e. The topological polar surface area (TPSA) is 89.2 Å². The Bertz CT molecular complexity index is 791. The van der Waals surface area contributed by atoms with E-state index in [0.29, 0.717) is 16.1 Å². The van der Waals surface area contributed by atoms with Crippen molar-refractivity contribution in [1.82, 2.24) is 14.3 Å². The quantitative estimate of drug-likeness (QED) is 0.892. The Morgan fingerprint density at radius 1 is 1.29 bits per heavy atom. The predicted molar refractivity (Wildman–Crippen MR) is 85.2 cm³/mol. The maximum atomic E-state index is 12.1. The lowest BCUT2D eigenvalue weighted by molar-refractivity contribution is 0.520. The number of benzene rings is 1. The van der Waals surface area contributed by atoms with Gasteiger partial charge in [-0.25, -0.2) is 22.7 Å². The number of halogens is 1. The SMILES string of the molecule is Cc1cc(S(=O)(=O)N(C)C)ccc1-c1cnc(N)c(Br)n1. The molecule has 0 bridgehead atoms. The standard InChI is InChI=1S/C13H15BrN4O2S/c1-8-6-9(21(19,20)18(2)3)4-5-10(8)11-7-16-13(15)12(14)17-11/h4-7H,1-3H3,(H2,15,16). The van der Waals surface area contributed by atoms with E-state index in [-0.39, 0.29) is 4.90 Å². The van der Waals surface area contributed by atoms with Crippen LogP contribution >= 0.6 is 15.9 Å². The van der Waals surface area contributed by atoms with Crippen molar-refractivity contribution in [2.24, 2.45) is 0 Å². The summed E-state index contributed by atoms with van der Waals surface area (Å²) in [6, 6.07) is 4.90. The summed E-state index contributed by atoms with van der Waals surface area (Å²) in [5, 5.41) is 0. The highest BCUT2D eigenvalue weighted by molar-refractivity contribution is 9.10. The lowest BCUT2D eigenvalue weighted by atomic mass is 10.1. The second kappa shape index (κ2) is 5.70. The van der Waals surface area contributed by atoms with Crippen molar-refractivity contribution in [3.05, 3.63) is 34.6 Å². The van der Waals surface area contributed by atoms with Crippen LogP contribution in [-0.2, 0) is 10.0 Å². The summed E-state index contributed by atoms with van der Waals surface area (Å²) < 4.78 is 25.9. The Kier molecular flexibility index (Phi) is 4.31. The molecule has 0 spiro atoms. The number of hydrogen-bond donors (Lipinski definition) is 1. The Hall–Kier alpha value is -1.51. The van der Waals surface area contributed by atoms with E-state index in [1.54, 1.807) is 24.4 Å². The molecule has 8 heteroatoms. The number of hydrogen-bond acceptors (Lipinski definition) is 5. The summed E-state index contributed by atoms with van der Waals surface area (Å²) in [6.45, 7) is 1.83. The van der Waals surface area contributed by atoms with Crippen molar-refractivity contribution in [2.45, 2.75) is 11.8 Å². The van der Waals surface area contributed by atoms with Gasteiger partial charge in [-0.05, 0) is 40.5 Å². The molecule has 0 atom stereocenters. The smallest absolute Gasteiger partial charge is 0.242 e. The zero-order valence-electron chi connectivity index (χ0n) is 11.8. The van der Waals surface area contributed by atoms with E-state index in [1.807, 2.05) is 6.92 Å². The van der Waals surface area contributed by atoms with E-state index in [2.05, 4.69) is 25.9 Å². The first-order valence-electron chi connectivity index (χ1n) is 6.05. The van der Waals surface area contributed by atoms with Crippen LogP contribution in [0.5, 0.6) is 0 Å². The molecule has 0 unspecified atom stereocenters. The summed E-state index contributed by atoms with van der Waals surface area (Å²) in [5.41, 5.74) is 7.84. The minimum absolute atomic E-state index is 0.246. The van der Waals surface area contributed by atoms with Gasteiger partial charge in [-0.15, -0.1) is 0 Å². The minimum atomic E-state index is -3.45. The van der Waals surface area contributed by atoms with Crippen LogP contribution in [-0.4, -0.2) is 36.8 Å². The zero-order valence-corrected chi connectivity index (χ0v) is 14.2. The van der Waals surface area contributed by atoms with Crippen LogP contribution in [0.25, 0.3) is 11.3 Å². The lowest BCUT2D eigenvalue weighted by Gasteiger charge is -2.13. The molecule has 21 heavy (non-hydrogen) atoms. The first kappa shape index (κ1) is 15.9. The van der Waals surface area contributed by atoms with E-state index in [9.17, 15) is 8.42 Å². The molecule has 0 saturated carbocycles. The summed E-state index contributed by atoms with van der Waals surface area (Å²) in [5.74, 6) is 0.309. The van der Waals surface area contributed by atoms with E-state index >= 15 is 0 Å². The molecule has 1 heterocycles. The van der Waals surface area contributed by atoms with E-state index in [4.69, 9.17) is 5.73 Å². The van der Waals surface area contributed by atoms with Gasteiger partial charge in [0.15, 0.2) is 5.82 Å². The van der Waals surface area contributed by atoms with Gasteiger partial charge >= 0.3 is 0 Å². The predicted octanol–water partition coefficient (Wildman–Crippen LogP) is 2.05. The van der Waals surface area contributed by atoms with Crippen LogP contribution < -0.4 is 5.73 Å². The molecule has 2 aromatic rings. The molecule has 112 valence electrons. The molecule has 0 saturated heterocycles. The van der Waals surface area contributed by atoms with Gasteiger partial charge in [0.1, 0.15) is 4.60 Å². The van der Waals surface area contributed by atoms with Gasteiger partial charge in [-0.1, -0.05) is 6.07 Å². The number of anilines is 1. The lowest BCUT2D eigenvalue weighted by Crippen LogP contribution is -2.22. The van der Waals surface area contributed by atoms with E-state index in [0.717, 1.165) is 11.1 Å². The van der Waals surface area contributed by atoms with Crippen molar-refractivity contribution in [1.29, 1.82) is 0 Å². The highest BCUT2D eigenvalue weighted by Gasteiger charge is 2.18. The second-order valence-corrected chi connectivity index (χ2v) is 7.60. The molecule has 0 aliphatic carbocycles. The fourth-order valence-corrected chi connectivity index (χ4v) is 3.08. The average molecular weight is 371 g/mol. The van der Waals surface area contributed by atoms with Crippen LogP contribution in [0.2, 0.25) is 0 Å². The molecule has 2 N–H and O–H groups in total. The second-order valence-electron chi connectivity index (χ2n) is 4.70. The average Bonchev–Trinajstić information content (AvgIpc) is 2.41. The monoisotopic (exact) mass is 370 g/mol. The normalized spacial score (nSPS) is 11.9. The third-order valence-electron chi connectivity index (χ3n) is 3.01. The first-order chi connectivity index (χ1) is 9.73. The first-order valence-corrected chi connectivity index (χ1v) is 8.28. The Morgan fingerprint density at radius 2 is 1.95 bits per heavy atom. The van der Waals surface area contributed by atoms with Crippen molar-refractivity contribution < 1.29 is 8.42 Å². The van der Waals surface area contributed by atoms with Crippen LogP contribution in [0.1, 0.15) is 5.56 Å². The summed E-state index contributed by atoms with van der Waals surface area (Å²) in [7, 11) is -0.443. The van der Waals surface area contributed by atoms with Crippen LogP contribution in [0.4, 0.5) is 5.82 Å². The number of rotatable bonds is 3. The van der Waals surface area contributed by atoms with Gasteiger partial charge in [0, 0.05) is 19.7 Å². The number of sulfonamides is 1. The van der Waals surface area contributed by atoms with E-state index in [1.165, 1.54) is 18.4 Å². The summed E-state index contributed by atoms with van der Waals surface area (Å²) >= 11 is 3.23. The van der Waals surface area contributed by atoms with Crippen LogP contribution in [0.15, 0.2) is 33.9 Å². The van der Waals surface area contributed by atoms with Crippen LogP contribution in [0, 0.1) is 6.92 Å².